The number of aryl methyl sites for hydroxylation is 2. The minimum atomic E-state index is -0.477. The van der Waals surface area contributed by atoms with Gasteiger partial charge >= 0.3 is 5.91 Å². The molecule has 1 amide bonds. The van der Waals surface area contributed by atoms with Gasteiger partial charge < -0.3 is 0 Å². The summed E-state index contributed by atoms with van der Waals surface area (Å²) in [5.74, 6) is -0.906. The molecule has 0 aliphatic carbocycles. The second-order valence-electron chi connectivity index (χ2n) is 4.78. The van der Waals surface area contributed by atoms with Crippen LogP contribution in [0.4, 0.5) is 11.4 Å². The number of carbonyl (C=O) groups excluding carboxylic acids is 2. The maximum Gasteiger partial charge on any atom is 0.304 e. The van der Waals surface area contributed by atoms with Crippen molar-refractivity contribution in [2.24, 2.45) is 0 Å². The van der Waals surface area contributed by atoms with Gasteiger partial charge in [-0.2, -0.15) is 0 Å². The van der Waals surface area contributed by atoms with Crippen molar-refractivity contribution in [2.45, 2.75) is 13.8 Å². The summed E-state index contributed by atoms with van der Waals surface area (Å²) in [6.07, 6.45) is 0. The fraction of sp³-hybridized carbons (Fsp3) is 0.125. The van der Waals surface area contributed by atoms with Crippen LogP contribution in [0, 0.1) is 13.8 Å². The number of para-hydroxylation sites is 1. The van der Waals surface area contributed by atoms with Crippen molar-refractivity contribution in [2.75, 3.05) is 4.90 Å². The molecule has 94 valence electrons. The second-order valence-corrected chi connectivity index (χ2v) is 4.78. The summed E-state index contributed by atoms with van der Waals surface area (Å²) in [5, 5.41) is 0. The first-order valence-corrected chi connectivity index (χ1v) is 6.14. The summed E-state index contributed by atoms with van der Waals surface area (Å²) < 4.78 is 0. The highest BCUT2D eigenvalue weighted by atomic mass is 16.2. The van der Waals surface area contributed by atoms with Gasteiger partial charge in [0.2, 0.25) is 0 Å². The molecule has 19 heavy (non-hydrogen) atoms. The SMILES string of the molecule is Cc1ccc2c(c1)C(=O)C(=O)N2c1ccccc1C. The Bertz CT molecular complexity index is 704. The molecule has 3 nitrogen and oxygen atoms in total. The molecule has 3 heteroatoms. The van der Waals surface area contributed by atoms with Crippen LogP contribution in [0.2, 0.25) is 0 Å². The highest BCUT2D eigenvalue weighted by Crippen LogP contribution is 2.37. The second kappa shape index (κ2) is 4.05. The Labute approximate surface area is 111 Å². The van der Waals surface area contributed by atoms with Crippen LogP contribution in [0.3, 0.4) is 0 Å². The van der Waals surface area contributed by atoms with Crippen molar-refractivity contribution in [3.05, 3.63) is 59.2 Å². The lowest BCUT2D eigenvalue weighted by atomic mass is 10.1. The Morgan fingerprint density at radius 2 is 1.63 bits per heavy atom. The standard InChI is InChI=1S/C16H13NO2/c1-10-7-8-14-12(9-10)15(18)16(19)17(14)13-6-4-3-5-11(13)2/h3-9H,1-2H3. The summed E-state index contributed by atoms with van der Waals surface area (Å²) >= 11 is 0. The fourth-order valence-electron chi connectivity index (χ4n) is 2.41. The zero-order valence-electron chi connectivity index (χ0n) is 10.8. The normalized spacial score (nSPS) is 13.9. The van der Waals surface area contributed by atoms with Gasteiger partial charge in [-0.15, -0.1) is 0 Å². The lowest BCUT2D eigenvalue weighted by Gasteiger charge is -2.18. The molecule has 1 heterocycles. The van der Waals surface area contributed by atoms with Crippen LogP contribution in [-0.2, 0) is 4.79 Å². The molecular formula is C16H13NO2. The van der Waals surface area contributed by atoms with Gasteiger partial charge in [0, 0.05) is 0 Å². The zero-order chi connectivity index (χ0) is 13.6. The molecule has 0 saturated carbocycles. The highest BCUT2D eigenvalue weighted by molar-refractivity contribution is 6.53. The van der Waals surface area contributed by atoms with Gasteiger partial charge in [0.25, 0.3) is 5.78 Å². The van der Waals surface area contributed by atoms with E-state index in [1.165, 1.54) is 4.90 Å². The molecule has 0 spiro atoms. The number of ketones is 1. The summed E-state index contributed by atoms with van der Waals surface area (Å²) in [7, 11) is 0. The Morgan fingerprint density at radius 3 is 2.37 bits per heavy atom. The number of carbonyl (C=O) groups is 2. The van der Waals surface area contributed by atoms with Crippen molar-refractivity contribution in [3.63, 3.8) is 0 Å². The monoisotopic (exact) mass is 251 g/mol. The molecule has 1 aliphatic rings. The Kier molecular flexibility index (Phi) is 2.49. The third-order valence-corrected chi connectivity index (χ3v) is 3.39. The van der Waals surface area contributed by atoms with Crippen LogP contribution in [0.15, 0.2) is 42.5 Å². The highest BCUT2D eigenvalue weighted by Gasteiger charge is 2.37. The minimum absolute atomic E-state index is 0.429. The molecule has 0 aromatic heterocycles. The van der Waals surface area contributed by atoms with Crippen LogP contribution < -0.4 is 4.90 Å². The number of fused-ring (bicyclic) bond motifs is 1. The number of hydrogen-bond acceptors (Lipinski definition) is 2. The molecule has 0 unspecified atom stereocenters. The van der Waals surface area contributed by atoms with Crippen molar-refractivity contribution < 1.29 is 9.59 Å². The molecule has 3 rings (SSSR count). The van der Waals surface area contributed by atoms with Crippen LogP contribution >= 0.6 is 0 Å². The van der Waals surface area contributed by atoms with Crippen LogP contribution in [-0.4, -0.2) is 11.7 Å². The van der Waals surface area contributed by atoms with E-state index in [1.807, 2.05) is 50.2 Å². The predicted molar refractivity (Wildman–Crippen MR) is 73.8 cm³/mol. The molecule has 0 fully saturated rings. The Morgan fingerprint density at radius 1 is 0.895 bits per heavy atom. The summed E-state index contributed by atoms with van der Waals surface area (Å²) in [6, 6.07) is 13.1. The molecule has 0 radical (unpaired) electrons. The van der Waals surface area contributed by atoms with E-state index in [0.29, 0.717) is 11.3 Å². The molecule has 2 aromatic rings. The first-order valence-electron chi connectivity index (χ1n) is 6.14. The van der Waals surface area contributed by atoms with Crippen LogP contribution in [0.1, 0.15) is 21.5 Å². The van der Waals surface area contributed by atoms with Gasteiger partial charge in [-0.05, 0) is 37.6 Å². The molecule has 0 atom stereocenters. The zero-order valence-corrected chi connectivity index (χ0v) is 10.8. The van der Waals surface area contributed by atoms with Gasteiger partial charge in [0.1, 0.15) is 0 Å². The number of benzene rings is 2. The average Bonchev–Trinajstić information content (AvgIpc) is 2.64. The van der Waals surface area contributed by atoms with Crippen molar-refractivity contribution >= 4 is 23.1 Å². The predicted octanol–water partition coefficient (Wildman–Crippen LogP) is 3.16. The summed E-state index contributed by atoms with van der Waals surface area (Å²) in [5.41, 5.74) is 3.88. The Hall–Kier alpha value is -2.42. The minimum Gasteiger partial charge on any atom is -0.283 e. The molecule has 1 aliphatic heterocycles. The number of Topliss-reactive ketones (excluding diaryl/α,β-unsaturated/α-hetero) is 1. The lowest BCUT2D eigenvalue weighted by Crippen LogP contribution is -2.25. The lowest BCUT2D eigenvalue weighted by molar-refractivity contribution is -0.113. The average molecular weight is 251 g/mol. The quantitative estimate of drug-likeness (QED) is 0.730. The van der Waals surface area contributed by atoms with Gasteiger partial charge in [-0.25, -0.2) is 0 Å². The van der Waals surface area contributed by atoms with Gasteiger partial charge in [-0.3, -0.25) is 14.5 Å². The smallest absolute Gasteiger partial charge is 0.283 e. The van der Waals surface area contributed by atoms with Crippen molar-refractivity contribution in [3.8, 4) is 0 Å². The van der Waals surface area contributed by atoms with Gasteiger partial charge in [0.15, 0.2) is 0 Å². The molecule has 2 aromatic carbocycles. The van der Waals surface area contributed by atoms with Crippen LogP contribution in [0.5, 0.6) is 0 Å². The molecule has 0 N–H and O–H groups in total. The first kappa shape index (κ1) is 11.7. The first-order chi connectivity index (χ1) is 9.09. The fourth-order valence-corrected chi connectivity index (χ4v) is 2.41. The van der Waals surface area contributed by atoms with E-state index < -0.39 is 11.7 Å². The van der Waals surface area contributed by atoms with E-state index in [0.717, 1.165) is 16.8 Å². The molecule has 0 saturated heterocycles. The van der Waals surface area contributed by atoms with Crippen molar-refractivity contribution in [1.82, 2.24) is 0 Å². The van der Waals surface area contributed by atoms with E-state index in [4.69, 9.17) is 0 Å². The van der Waals surface area contributed by atoms with E-state index in [2.05, 4.69) is 0 Å². The summed E-state index contributed by atoms with van der Waals surface area (Å²) in [6.45, 7) is 3.84. The van der Waals surface area contributed by atoms with E-state index in [9.17, 15) is 9.59 Å². The largest absolute Gasteiger partial charge is 0.304 e. The topological polar surface area (TPSA) is 37.4 Å². The van der Waals surface area contributed by atoms with Gasteiger partial charge in [0.05, 0.1) is 16.9 Å². The maximum atomic E-state index is 12.2. The van der Waals surface area contributed by atoms with Crippen molar-refractivity contribution in [1.29, 1.82) is 0 Å². The molecular weight excluding hydrogens is 238 g/mol. The van der Waals surface area contributed by atoms with Crippen LogP contribution in [0.25, 0.3) is 0 Å². The number of rotatable bonds is 1. The Balaban J connectivity index is 2.23. The number of hydrogen-bond donors (Lipinski definition) is 0. The maximum absolute atomic E-state index is 12.2. The van der Waals surface area contributed by atoms with E-state index >= 15 is 0 Å². The number of nitrogens with zero attached hydrogens (tertiary/aromatic N) is 1. The summed E-state index contributed by atoms with van der Waals surface area (Å²) in [4.78, 5) is 25.8. The number of amides is 1. The van der Waals surface area contributed by atoms with E-state index in [1.54, 1.807) is 6.07 Å². The molecule has 0 bridgehead atoms. The van der Waals surface area contributed by atoms with Gasteiger partial charge in [-0.1, -0.05) is 29.8 Å². The number of anilines is 2. The third kappa shape index (κ3) is 1.66. The van der Waals surface area contributed by atoms with E-state index in [-0.39, 0.29) is 0 Å². The third-order valence-electron chi connectivity index (χ3n) is 3.39.